The molecule has 1 aromatic heterocycles. The van der Waals surface area contributed by atoms with Crippen molar-refractivity contribution in [2.24, 2.45) is 5.92 Å². The summed E-state index contributed by atoms with van der Waals surface area (Å²) < 4.78 is 23.0. The Morgan fingerprint density at radius 3 is 2.70 bits per heavy atom. The molecule has 124 valence electrons. The molecule has 7 heteroatoms. The number of aromatic amines is 1. The van der Waals surface area contributed by atoms with Crippen LogP contribution in [-0.2, 0) is 21.2 Å². The number of aromatic nitrogens is 2. The zero-order valence-corrected chi connectivity index (χ0v) is 14.4. The van der Waals surface area contributed by atoms with E-state index >= 15 is 0 Å². The first-order valence-corrected chi connectivity index (χ1v) is 9.48. The summed E-state index contributed by atoms with van der Waals surface area (Å²) in [5.41, 5.74) is 4.20. The van der Waals surface area contributed by atoms with Gasteiger partial charge >= 0.3 is 0 Å². The summed E-state index contributed by atoms with van der Waals surface area (Å²) in [5, 5.41) is 0. The zero-order chi connectivity index (χ0) is 16.8. The number of aryl methyl sites for hydroxylation is 2. The predicted molar refractivity (Wildman–Crippen MR) is 88.8 cm³/mol. The van der Waals surface area contributed by atoms with Crippen LogP contribution in [0.15, 0.2) is 12.1 Å². The number of hydrogen-bond acceptors (Lipinski definition) is 4. The van der Waals surface area contributed by atoms with Crippen LogP contribution in [-0.4, -0.2) is 47.7 Å². The van der Waals surface area contributed by atoms with Gasteiger partial charge in [-0.3, -0.25) is 4.79 Å². The maximum absolute atomic E-state index is 12.4. The van der Waals surface area contributed by atoms with Gasteiger partial charge in [-0.25, -0.2) is 13.4 Å². The van der Waals surface area contributed by atoms with Crippen molar-refractivity contribution in [3.05, 3.63) is 29.1 Å². The molecule has 0 saturated carbocycles. The van der Waals surface area contributed by atoms with E-state index in [1.54, 1.807) is 11.9 Å². The standard InChI is InChI=1S/C16H21N3O3S/c1-10-6-13-14(7-11(10)2)18-15(17-13)8-19(3)16(20)12-4-5-23(21,22)9-12/h6-7,12H,4-5,8-9H2,1-3H3,(H,17,18). The Hall–Kier alpha value is -1.89. The molecule has 3 rings (SSSR count). The van der Waals surface area contributed by atoms with E-state index in [0.29, 0.717) is 18.8 Å². The molecule has 23 heavy (non-hydrogen) atoms. The second-order valence-electron chi connectivity index (χ2n) is 6.43. The molecule has 1 aromatic carbocycles. The summed E-state index contributed by atoms with van der Waals surface area (Å²) in [4.78, 5) is 21.7. The molecule has 1 saturated heterocycles. The fourth-order valence-corrected chi connectivity index (χ4v) is 4.73. The number of H-pyrrole nitrogens is 1. The topological polar surface area (TPSA) is 83.1 Å². The lowest BCUT2D eigenvalue weighted by Crippen LogP contribution is -2.33. The summed E-state index contributed by atoms with van der Waals surface area (Å²) in [6, 6.07) is 4.07. The summed E-state index contributed by atoms with van der Waals surface area (Å²) in [6.45, 7) is 4.44. The number of rotatable bonds is 3. The van der Waals surface area contributed by atoms with Gasteiger partial charge in [-0.15, -0.1) is 0 Å². The Morgan fingerprint density at radius 2 is 2.04 bits per heavy atom. The van der Waals surface area contributed by atoms with Crippen molar-refractivity contribution in [3.8, 4) is 0 Å². The minimum absolute atomic E-state index is 0.0330. The van der Waals surface area contributed by atoms with Gasteiger partial charge in [-0.05, 0) is 43.5 Å². The van der Waals surface area contributed by atoms with Gasteiger partial charge in [0.05, 0.1) is 35.0 Å². The zero-order valence-electron chi connectivity index (χ0n) is 13.6. The summed E-state index contributed by atoms with van der Waals surface area (Å²) in [5.74, 6) is 0.245. The quantitative estimate of drug-likeness (QED) is 0.923. The van der Waals surface area contributed by atoms with Crippen LogP contribution < -0.4 is 0 Å². The molecule has 1 unspecified atom stereocenters. The molecule has 0 radical (unpaired) electrons. The van der Waals surface area contributed by atoms with Crippen molar-refractivity contribution in [1.82, 2.24) is 14.9 Å². The fraction of sp³-hybridized carbons (Fsp3) is 0.500. The van der Waals surface area contributed by atoms with Gasteiger partial charge in [-0.2, -0.15) is 0 Å². The second-order valence-corrected chi connectivity index (χ2v) is 8.66. The SMILES string of the molecule is Cc1cc2nc(CN(C)C(=O)C3CCS(=O)(=O)C3)[nH]c2cc1C. The van der Waals surface area contributed by atoms with Crippen LogP contribution in [0.5, 0.6) is 0 Å². The number of hydrogen-bond donors (Lipinski definition) is 1. The van der Waals surface area contributed by atoms with E-state index in [1.807, 2.05) is 26.0 Å². The molecule has 1 N–H and O–H groups in total. The first-order valence-electron chi connectivity index (χ1n) is 7.66. The van der Waals surface area contributed by atoms with Gasteiger partial charge < -0.3 is 9.88 Å². The summed E-state index contributed by atoms with van der Waals surface area (Å²) in [6.07, 6.45) is 0.421. The molecule has 6 nitrogen and oxygen atoms in total. The molecule has 1 atom stereocenters. The van der Waals surface area contributed by atoms with Gasteiger partial charge in [0.15, 0.2) is 9.84 Å². The number of carbonyl (C=O) groups excluding carboxylic acids is 1. The highest BCUT2D eigenvalue weighted by molar-refractivity contribution is 7.91. The highest BCUT2D eigenvalue weighted by Crippen LogP contribution is 2.22. The third-order valence-electron chi connectivity index (χ3n) is 4.49. The number of nitrogens with one attached hydrogen (secondary N) is 1. The molecular formula is C16H21N3O3S. The lowest BCUT2D eigenvalue weighted by Gasteiger charge is -2.19. The van der Waals surface area contributed by atoms with Crippen LogP contribution in [0, 0.1) is 19.8 Å². The first kappa shape index (κ1) is 16.0. The maximum Gasteiger partial charge on any atom is 0.226 e. The van der Waals surface area contributed by atoms with Crippen molar-refractivity contribution in [1.29, 1.82) is 0 Å². The third kappa shape index (κ3) is 3.24. The van der Waals surface area contributed by atoms with Crippen LogP contribution in [0.2, 0.25) is 0 Å². The molecule has 2 aromatic rings. The predicted octanol–water partition coefficient (Wildman–Crippen LogP) is 1.57. The van der Waals surface area contributed by atoms with Crippen LogP contribution in [0.1, 0.15) is 23.4 Å². The van der Waals surface area contributed by atoms with E-state index in [9.17, 15) is 13.2 Å². The van der Waals surface area contributed by atoms with E-state index in [1.165, 1.54) is 11.1 Å². The highest BCUT2D eigenvalue weighted by Gasteiger charge is 2.34. The third-order valence-corrected chi connectivity index (χ3v) is 6.26. The largest absolute Gasteiger partial charge is 0.340 e. The Kier molecular flexibility index (Phi) is 3.91. The van der Waals surface area contributed by atoms with Crippen LogP contribution in [0.25, 0.3) is 11.0 Å². The van der Waals surface area contributed by atoms with Gasteiger partial charge in [-0.1, -0.05) is 0 Å². The molecular weight excluding hydrogens is 314 g/mol. The van der Waals surface area contributed by atoms with Gasteiger partial charge in [0.1, 0.15) is 5.82 Å². The number of fused-ring (bicyclic) bond motifs is 1. The van der Waals surface area contributed by atoms with Crippen LogP contribution >= 0.6 is 0 Å². The average molecular weight is 335 g/mol. The highest BCUT2D eigenvalue weighted by atomic mass is 32.2. The number of nitrogens with zero attached hydrogens (tertiary/aromatic N) is 2. The Morgan fingerprint density at radius 1 is 1.35 bits per heavy atom. The monoisotopic (exact) mass is 335 g/mol. The Labute approximate surface area is 135 Å². The van der Waals surface area contributed by atoms with Crippen LogP contribution in [0.3, 0.4) is 0 Å². The number of carbonyl (C=O) groups is 1. The minimum atomic E-state index is -3.05. The van der Waals surface area contributed by atoms with Gasteiger partial charge in [0.2, 0.25) is 5.91 Å². The van der Waals surface area contributed by atoms with E-state index in [0.717, 1.165) is 11.0 Å². The smallest absolute Gasteiger partial charge is 0.226 e. The van der Waals surface area contributed by atoms with E-state index in [2.05, 4.69) is 9.97 Å². The van der Waals surface area contributed by atoms with Crippen molar-refractivity contribution >= 4 is 26.8 Å². The van der Waals surface area contributed by atoms with Gasteiger partial charge in [0, 0.05) is 7.05 Å². The van der Waals surface area contributed by atoms with Crippen molar-refractivity contribution in [3.63, 3.8) is 0 Å². The fourth-order valence-electron chi connectivity index (χ4n) is 3.00. The van der Waals surface area contributed by atoms with Crippen molar-refractivity contribution in [2.75, 3.05) is 18.6 Å². The number of imidazole rings is 1. The lowest BCUT2D eigenvalue weighted by atomic mass is 10.1. The maximum atomic E-state index is 12.4. The number of amides is 1. The van der Waals surface area contributed by atoms with E-state index < -0.39 is 15.8 Å². The van der Waals surface area contributed by atoms with Crippen molar-refractivity contribution in [2.45, 2.75) is 26.8 Å². The van der Waals surface area contributed by atoms with Crippen molar-refractivity contribution < 1.29 is 13.2 Å². The molecule has 1 fully saturated rings. The molecule has 0 spiro atoms. The normalized spacial score (nSPS) is 20.0. The summed E-state index contributed by atoms with van der Waals surface area (Å²) in [7, 11) is -1.36. The molecule has 2 heterocycles. The number of benzene rings is 1. The second kappa shape index (κ2) is 5.63. The van der Waals surface area contributed by atoms with E-state index in [-0.39, 0.29) is 17.4 Å². The van der Waals surface area contributed by atoms with E-state index in [4.69, 9.17) is 0 Å². The summed E-state index contributed by atoms with van der Waals surface area (Å²) >= 11 is 0. The minimum Gasteiger partial charge on any atom is -0.340 e. The number of sulfone groups is 1. The molecule has 0 bridgehead atoms. The molecule has 1 aliphatic rings. The molecule has 1 amide bonds. The van der Waals surface area contributed by atoms with Crippen LogP contribution in [0.4, 0.5) is 0 Å². The molecule has 0 aliphatic carbocycles. The van der Waals surface area contributed by atoms with Gasteiger partial charge in [0.25, 0.3) is 0 Å². The Balaban J connectivity index is 1.75. The molecule has 1 aliphatic heterocycles. The Bertz CT molecular complexity index is 831. The lowest BCUT2D eigenvalue weighted by molar-refractivity contribution is -0.134. The average Bonchev–Trinajstić information content (AvgIpc) is 3.01. The first-order chi connectivity index (χ1) is 10.7.